The topological polar surface area (TPSA) is 29.3 Å². The Hall–Kier alpha value is -2.29. The SMILES string of the molecule is Cc1ccccc1NCc1cnn2ccccc12. The van der Waals surface area contributed by atoms with Crippen LogP contribution in [0.3, 0.4) is 0 Å². The van der Waals surface area contributed by atoms with Crippen LogP contribution in [0.15, 0.2) is 54.9 Å². The van der Waals surface area contributed by atoms with Gasteiger partial charge < -0.3 is 5.32 Å². The molecular formula is C15H15N3. The van der Waals surface area contributed by atoms with E-state index in [0.29, 0.717) is 0 Å². The van der Waals surface area contributed by atoms with Gasteiger partial charge in [-0.15, -0.1) is 0 Å². The number of anilines is 1. The Balaban J connectivity index is 1.83. The second-order valence-corrected chi connectivity index (χ2v) is 4.37. The van der Waals surface area contributed by atoms with Gasteiger partial charge in [-0.3, -0.25) is 0 Å². The van der Waals surface area contributed by atoms with Crippen molar-refractivity contribution >= 4 is 11.2 Å². The van der Waals surface area contributed by atoms with E-state index in [-0.39, 0.29) is 0 Å². The van der Waals surface area contributed by atoms with Crippen LogP contribution >= 0.6 is 0 Å². The molecule has 2 heterocycles. The third kappa shape index (κ3) is 1.95. The van der Waals surface area contributed by atoms with E-state index < -0.39 is 0 Å². The van der Waals surface area contributed by atoms with Crippen molar-refractivity contribution in [1.29, 1.82) is 0 Å². The van der Waals surface area contributed by atoms with Gasteiger partial charge in [0.15, 0.2) is 0 Å². The number of pyridine rings is 1. The van der Waals surface area contributed by atoms with Gasteiger partial charge in [-0.25, -0.2) is 4.52 Å². The van der Waals surface area contributed by atoms with Gasteiger partial charge in [-0.1, -0.05) is 24.3 Å². The Labute approximate surface area is 106 Å². The van der Waals surface area contributed by atoms with E-state index in [1.54, 1.807) is 0 Å². The smallest absolute Gasteiger partial charge is 0.0711 e. The summed E-state index contributed by atoms with van der Waals surface area (Å²) >= 11 is 0. The van der Waals surface area contributed by atoms with Crippen molar-refractivity contribution < 1.29 is 0 Å². The van der Waals surface area contributed by atoms with Crippen LogP contribution in [-0.2, 0) is 6.54 Å². The van der Waals surface area contributed by atoms with Crippen LogP contribution < -0.4 is 5.32 Å². The minimum Gasteiger partial charge on any atom is -0.381 e. The predicted molar refractivity (Wildman–Crippen MR) is 73.7 cm³/mol. The van der Waals surface area contributed by atoms with E-state index in [1.165, 1.54) is 16.8 Å². The monoisotopic (exact) mass is 237 g/mol. The average Bonchev–Trinajstić information content (AvgIpc) is 2.81. The largest absolute Gasteiger partial charge is 0.381 e. The fourth-order valence-electron chi connectivity index (χ4n) is 2.09. The van der Waals surface area contributed by atoms with Crippen LogP contribution in [0.2, 0.25) is 0 Å². The van der Waals surface area contributed by atoms with Crippen LogP contribution in [0.4, 0.5) is 5.69 Å². The maximum Gasteiger partial charge on any atom is 0.0711 e. The quantitative estimate of drug-likeness (QED) is 0.757. The number of benzene rings is 1. The number of aryl methyl sites for hydroxylation is 1. The third-order valence-electron chi connectivity index (χ3n) is 3.12. The summed E-state index contributed by atoms with van der Waals surface area (Å²) in [5, 5.41) is 7.78. The molecule has 0 amide bonds. The van der Waals surface area contributed by atoms with E-state index >= 15 is 0 Å². The predicted octanol–water partition coefficient (Wildman–Crippen LogP) is 3.25. The molecule has 3 aromatic rings. The average molecular weight is 237 g/mol. The first-order valence-corrected chi connectivity index (χ1v) is 6.05. The Morgan fingerprint density at radius 2 is 1.94 bits per heavy atom. The highest BCUT2D eigenvalue weighted by molar-refractivity contribution is 5.56. The summed E-state index contributed by atoms with van der Waals surface area (Å²) in [6.07, 6.45) is 3.88. The first kappa shape index (κ1) is 10.8. The maximum atomic E-state index is 4.33. The van der Waals surface area contributed by atoms with Gasteiger partial charge in [0.25, 0.3) is 0 Å². The standard InChI is InChI=1S/C15H15N3/c1-12-6-2-3-7-14(12)16-10-13-11-17-18-9-5-4-8-15(13)18/h2-9,11,16H,10H2,1H3. The molecule has 0 aliphatic heterocycles. The number of nitrogens with zero attached hydrogens (tertiary/aromatic N) is 2. The highest BCUT2D eigenvalue weighted by atomic mass is 15.2. The number of aromatic nitrogens is 2. The molecule has 3 nitrogen and oxygen atoms in total. The van der Waals surface area contributed by atoms with Gasteiger partial charge in [0.05, 0.1) is 11.7 Å². The molecule has 0 aliphatic carbocycles. The lowest BCUT2D eigenvalue weighted by molar-refractivity contribution is 0.961. The molecule has 18 heavy (non-hydrogen) atoms. The summed E-state index contributed by atoms with van der Waals surface area (Å²) in [5.74, 6) is 0. The van der Waals surface area contributed by atoms with Crippen molar-refractivity contribution in [3.63, 3.8) is 0 Å². The van der Waals surface area contributed by atoms with Gasteiger partial charge in [-0.05, 0) is 30.7 Å². The summed E-state index contributed by atoms with van der Waals surface area (Å²) in [7, 11) is 0. The van der Waals surface area contributed by atoms with Crippen molar-refractivity contribution in [3.8, 4) is 0 Å². The first-order chi connectivity index (χ1) is 8.84. The zero-order valence-corrected chi connectivity index (χ0v) is 10.3. The molecule has 0 unspecified atom stereocenters. The molecule has 90 valence electrons. The highest BCUT2D eigenvalue weighted by Gasteiger charge is 2.03. The Bertz CT molecular complexity index is 670. The molecule has 0 spiro atoms. The van der Waals surface area contributed by atoms with E-state index in [4.69, 9.17) is 0 Å². The molecule has 0 aliphatic rings. The lowest BCUT2D eigenvalue weighted by atomic mass is 10.2. The molecular weight excluding hydrogens is 222 g/mol. The highest BCUT2D eigenvalue weighted by Crippen LogP contribution is 2.16. The summed E-state index contributed by atoms with van der Waals surface area (Å²) in [6, 6.07) is 14.4. The summed E-state index contributed by atoms with van der Waals surface area (Å²) < 4.78 is 1.90. The van der Waals surface area contributed by atoms with Crippen LogP contribution in [0, 0.1) is 6.92 Å². The van der Waals surface area contributed by atoms with Crippen molar-refractivity contribution in [3.05, 3.63) is 66.0 Å². The minimum absolute atomic E-state index is 0.790. The first-order valence-electron chi connectivity index (χ1n) is 6.05. The molecule has 0 saturated heterocycles. The minimum atomic E-state index is 0.790. The number of fused-ring (bicyclic) bond motifs is 1. The summed E-state index contributed by atoms with van der Waals surface area (Å²) in [4.78, 5) is 0. The van der Waals surface area contributed by atoms with Crippen LogP contribution in [0.1, 0.15) is 11.1 Å². The lowest BCUT2D eigenvalue weighted by Crippen LogP contribution is -2.00. The van der Waals surface area contributed by atoms with Gasteiger partial charge in [0.2, 0.25) is 0 Å². The molecule has 3 rings (SSSR count). The van der Waals surface area contributed by atoms with Crippen molar-refractivity contribution in [2.45, 2.75) is 13.5 Å². The van der Waals surface area contributed by atoms with Gasteiger partial charge >= 0.3 is 0 Å². The van der Waals surface area contributed by atoms with E-state index in [9.17, 15) is 0 Å². The summed E-state index contributed by atoms with van der Waals surface area (Å²) in [5.41, 5.74) is 4.79. The van der Waals surface area contributed by atoms with Gasteiger partial charge in [0.1, 0.15) is 0 Å². The zero-order chi connectivity index (χ0) is 12.4. The lowest BCUT2D eigenvalue weighted by Gasteiger charge is -2.08. The molecule has 2 aromatic heterocycles. The van der Waals surface area contributed by atoms with Gasteiger partial charge in [-0.2, -0.15) is 5.10 Å². The van der Waals surface area contributed by atoms with E-state index in [0.717, 1.165) is 12.1 Å². The molecule has 3 heteroatoms. The molecule has 0 radical (unpaired) electrons. The molecule has 1 aromatic carbocycles. The molecule has 0 atom stereocenters. The normalized spacial score (nSPS) is 10.7. The maximum absolute atomic E-state index is 4.33. The van der Waals surface area contributed by atoms with Crippen molar-refractivity contribution in [1.82, 2.24) is 9.61 Å². The third-order valence-corrected chi connectivity index (χ3v) is 3.12. The Morgan fingerprint density at radius 1 is 1.11 bits per heavy atom. The fourth-order valence-corrected chi connectivity index (χ4v) is 2.09. The summed E-state index contributed by atoms with van der Waals surface area (Å²) in [6.45, 7) is 2.90. The fraction of sp³-hybridized carbons (Fsp3) is 0.133. The van der Waals surface area contributed by atoms with E-state index in [2.05, 4.69) is 41.6 Å². The van der Waals surface area contributed by atoms with Crippen LogP contribution in [0.5, 0.6) is 0 Å². The Morgan fingerprint density at radius 3 is 2.83 bits per heavy atom. The number of nitrogens with one attached hydrogen (secondary N) is 1. The Kier molecular flexibility index (Phi) is 2.73. The molecule has 0 fully saturated rings. The second kappa shape index (κ2) is 4.53. The number of para-hydroxylation sites is 1. The zero-order valence-electron chi connectivity index (χ0n) is 10.3. The van der Waals surface area contributed by atoms with Crippen LogP contribution in [-0.4, -0.2) is 9.61 Å². The molecule has 0 bridgehead atoms. The number of rotatable bonds is 3. The second-order valence-electron chi connectivity index (χ2n) is 4.37. The number of hydrogen-bond acceptors (Lipinski definition) is 2. The van der Waals surface area contributed by atoms with Crippen molar-refractivity contribution in [2.75, 3.05) is 5.32 Å². The molecule has 1 N–H and O–H groups in total. The molecule has 0 saturated carbocycles. The van der Waals surface area contributed by atoms with E-state index in [1.807, 2.05) is 35.1 Å². The number of hydrogen-bond donors (Lipinski definition) is 1. The van der Waals surface area contributed by atoms with Crippen molar-refractivity contribution in [2.24, 2.45) is 0 Å². The van der Waals surface area contributed by atoms with Crippen LogP contribution in [0.25, 0.3) is 5.52 Å². The van der Waals surface area contributed by atoms with Gasteiger partial charge in [0, 0.05) is 24.0 Å².